The molecule has 1 unspecified atom stereocenters. The number of Topliss-reactive ketones (excluding diaryl/α,β-unsaturated/α-hetero) is 1. The minimum absolute atomic E-state index is 0.00452. The molecule has 2 aliphatic rings. The Morgan fingerprint density at radius 3 is 2.58 bits per heavy atom. The van der Waals surface area contributed by atoms with Gasteiger partial charge < -0.3 is 15.4 Å². The summed E-state index contributed by atoms with van der Waals surface area (Å²) < 4.78 is 5.38. The van der Waals surface area contributed by atoms with E-state index in [4.69, 9.17) is 27.9 Å². The van der Waals surface area contributed by atoms with Crippen LogP contribution in [0.15, 0.2) is 65.0 Å². The molecule has 1 amide bonds. The fourth-order valence-corrected chi connectivity index (χ4v) is 5.15. The van der Waals surface area contributed by atoms with Gasteiger partial charge in [-0.05, 0) is 42.5 Å². The van der Waals surface area contributed by atoms with E-state index in [1.807, 2.05) is 25.1 Å². The molecule has 1 atom stereocenters. The van der Waals surface area contributed by atoms with Crippen molar-refractivity contribution in [2.45, 2.75) is 39.5 Å². The molecule has 0 radical (unpaired) electrons. The molecule has 0 saturated carbocycles. The molecule has 4 rings (SSSR count). The van der Waals surface area contributed by atoms with E-state index in [0.29, 0.717) is 56.7 Å². The number of carbonyl (C=O) groups is 2. The number of hydrogen-bond acceptors (Lipinski definition) is 4. The van der Waals surface area contributed by atoms with Crippen molar-refractivity contribution in [3.05, 3.63) is 80.6 Å². The highest BCUT2D eigenvalue weighted by molar-refractivity contribution is 6.42. The number of rotatable bonds is 4. The second-order valence-corrected chi connectivity index (χ2v) is 10.0. The van der Waals surface area contributed by atoms with Gasteiger partial charge in [0.2, 0.25) is 0 Å². The molecule has 172 valence electrons. The van der Waals surface area contributed by atoms with Gasteiger partial charge in [0.05, 0.1) is 22.8 Å². The third kappa shape index (κ3) is 4.40. The van der Waals surface area contributed by atoms with Gasteiger partial charge in [0, 0.05) is 34.9 Å². The Morgan fingerprint density at radius 1 is 1.12 bits per heavy atom. The first-order valence-corrected chi connectivity index (χ1v) is 11.5. The molecule has 33 heavy (non-hydrogen) atoms. The Labute approximate surface area is 203 Å². The third-order valence-electron chi connectivity index (χ3n) is 6.13. The minimum atomic E-state index is -0.634. The van der Waals surface area contributed by atoms with Gasteiger partial charge in [0.25, 0.3) is 5.91 Å². The number of allylic oxidation sites excluding steroid dienone is 3. The Kier molecular flexibility index (Phi) is 6.30. The van der Waals surface area contributed by atoms with Crippen molar-refractivity contribution in [3.8, 4) is 5.75 Å². The summed E-state index contributed by atoms with van der Waals surface area (Å²) in [6.45, 7) is 5.99. The van der Waals surface area contributed by atoms with Gasteiger partial charge in [-0.3, -0.25) is 9.59 Å². The molecule has 2 aromatic carbocycles. The molecule has 1 heterocycles. The lowest BCUT2D eigenvalue weighted by atomic mass is 9.68. The predicted molar refractivity (Wildman–Crippen MR) is 132 cm³/mol. The third-order valence-corrected chi connectivity index (χ3v) is 6.97. The Morgan fingerprint density at radius 2 is 1.85 bits per heavy atom. The first-order chi connectivity index (χ1) is 15.6. The lowest BCUT2D eigenvalue weighted by molar-refractivity contribution is -0.118. The van der Waals surface area contributed by atoms with Crippen LogP contribution in [0.3, 0.4) is 0 Å². The number of hydrogen-bond donors (Lipinski definition) is 2. The maximum atomic E-state index is 13.7. The van der Waals surface area contributed by atoms with Gasteiger partial charge in [-0.25, -0.2) is 0 Å². The Hall–Kier alpha value is -2.76. The molecule has 0 fully saturated rings. The molecule has 5 nitrogen and oxygen atoms in total. The molecule has 7 heteroatoms. The monoisotopic (exact) mass is 484 g/mol. The van der Waals surface area contributed by atoms with E-state index in [2.05, 4.69) is 24.5 Å². The number of ketones is 1. The summed E-state index contributed by atoms with van der Waals surface area (Å²) in [5.41, 5.74) is 3.51. The number of carbonyl (C=O) groups excluding carboxylic acids is 2. The lowest BCUT2D eigenvalue weighted by Crippen LogP contribution is -2.39. The SMILES string of the molecule is COc1ccccc1NC(=O)C1=C(C)NC2=C(C(=O)CC(C)(C)C2)C1c1cccc(Cl)c1Cl. The van der Waals surface area contributed by atoms with E-state index in [0.717, 1.165) is 5.70 Å². The number of anilines is 1. The number of methoxy groups -OCH3 is 1. The van der Waals surface area contributed by atoms with Crippen LogP contribution in [0.5, 0.6) is 5.75 Å². The summed E-state index contributed by atoms with van der Waals surface area (Å²) in [5, 5.41) is 7.02. The van der Waals surface area contributed by atoms with E-state index in [1.165, 1.54) is 0 Å². The van der Waals surface area contributed by atoms with E-state index in [9.17, 15) is 9.59 Å². The first kappa shape index (κ1) is 23.4. The molecule has 1 aliphatic heterocycles. The summed E-state index contributed by atoms with van der Waals surface area (Å²) in [4.78, 5) is 27.1. The number of para-hydroxylation sites is 2. The largest absolute Gasteiger partial charge is 0.495 e. The molecule has 0 spiro atoms. The van der Waals surface area contributed by atoms with E-state index >= 15 is 0 Å². The quantitative estimate of drug-likeness (QED) is 0.538. The maximum Gasteiger partial charge on any atom is 0.254 e. The van der Waals surface area contributed by atoms with E-state index < -0.39 is 5.92 Å². The van der Waals surface area contributed by atoms with Crippen LogP contribution in [0.25, 0.3) is 0 Å². The summed E-state index contributed by atoms with van der Waals surface area (Å²) >= 11 is 13.0. The normalized spacial score (nSPS) is 19.7. The lowest BCUT2D eigenvalue weighted by Gasteiger charge is -2.40. The fraction of sp³-hybridized carbons (Fsp3) is 0.308. The van der Waals surface area contributed by atoms with Crippen LogP contribution in [0.4, 0.5) is 5.69 Å². The van der Waals surface area contributed by atoms with Crippen LogP contribution in [0.1, 0.15) is 45.1 Å². The molecule has 2 aromatic rings. The number of benzene rings is 2. The predicted octanol–water partition coefficient (Wildman–Crippen LogP) is 6.24. The highest BCUT2D eigenvalue weighted by atomic mass is 35.5. The second kappa shape index (κ2) is 8.88. The number of dihydropyridines is 1. The smallest absolute Gasteiger partial charge is 0.254 e. The molecular weight excluding hydrogens is 459 g/mol. The van der Waals surface area contributed by atoms with Crippen LogP contribution in [0.2, 0.25) is 10.0 Å². The number of ether oxygens (including phenoxy) is 1. The average molecular weight is 485 g/mol. The second-order valence-electron chi connectivity index (χ2n) is 9.23. The van der Waals surface area contributed by atoms with Gasteiger partial charge in [-0.15, -0.1) is 0 Å². The highest BCUT2D eigenvalue weighted by Crippen LogP contribution is 2.48. The van der Waals surface area contributed by atoms with Crippen molar-refractivity contribution in [3.63, 3.8) is 0 Å². The zero-order chi connectivity index (χ0) is 23.9. The molecule has 0 bridgehead atoms. The van der Waals surface area contributed by atoms with Crippen LogP contribution >= 0.6 is 23.2 Å². The Balaban J connectivity index is 1.86. The van der Waals surface area contributed by atoms with Crippen molar-refractivity contribution in [1.29, 1.82) is 0 Å². The van der Waals surface area contributed by atoms with Gasteiger partial charge in [-0.1, -0.05) is 61.3 Å². The molecule has 0 saturated heterocycles. The molecule has 0 aromatic heterocycles. The summed E-state index contributed by atoms with van der Waals surface area (Å²) in [6.07, 6.45) is 1.09. The van der Waals surface area contributed by atoms with E-state index in [1.54, 1.807) is 31.4 Å². The van der Waals surface area contributed by atoms with Gasteiger partial charge >= 0.3 is 0 Å². The zero-order valence-electron chi connectivity index (χ0n) is 19.0. The van der Waals surface area contributed by atoms with Crippen LogP contribution in [0, 0.1) is 5.41 Å². The molecular formula is C26H26Cl2N2O3. The topological polar surface area (TPSA) is 67.4 Å². The molecule has 1 aliphatic carbocycles. The summed E-state index contributed by atoms with van der Waals surface area (Å²) in [7, 11) is 1.55. The van der Waals surface area contributed by atoms with Crippen molar-refractivity contribution in [2.24, 2.45) is 5.41 Å². The zero-order valence-corrected chi connectivity index (χ0v) is 20.5. The summed E-state index contributed by atoms with van der Waals surface area (Å²) in [6, 6.07) is 12.5. The Bertz CT molecular complexity index is 1210. The minimum Gasteiger partial charge on any atom is -0.495 e. The van der Waals surface area contributed by atoms with Crippen molar-refractivity contribution in [1.82, 2.24) is 5.32 Å². The van der Waals surface area contributed by atoms with Crippen LogP contribution in [-0.2, 0) is 9.59 Å². The van der Waals surface area contributed by atoms with Crippen molar-refractivity contribution < 1.29 is 14.3 Å². The molecule has 2 N–H and O–H groups in total. The van der Waals surface area contributed by atoms with Crippen molar-refractivity contribution >= 4 is 40.6 Å². The van der Waals surface area contributed by atoms with Gasteiger partial charge in [0.1, 0.15) is 5.75 Å². The van der Waals surface area contributed by atoms with Crippen molar-refractivity contribution in [2.75, 3.05) is 12.4 Å². The van der Waals surface area contributed by atoms with E-state index in [-0.39, 0.29) is 17.1 Å². The summed E-state index contributed by atoms with van der Waals surface area (Å²) in [5.74, 6) is -0.425. The first-order valence-electron chi connectivity index (χ1n) is 10.8. The van der Waals surface area contributed by atoms with Gasteiger partial charge in [0.15, 0.2) is 5.78 Å². The average Bonchev–Trinajstić information content (AvgIpc) is 2.74. The van der Waals surface area contributed by atoms with Crippen LogP contribution in [-0.4, -0.2) is 18.8 Å². The standard InChI is InChI=1S/C26H26Cl2N2O3/c1-14-21(25(32)30-17-10-5-6-11-20(17)33-4)22(15-8-7-9-16(27)24(15)28)23-18(29-14)12-26(2,3)13-19(23)31/h5-11,22,29H,12-13H2,1-4H3,(H,30,32). The number of halogens is 2. The number of amides is 1. The highest BCUT2D eigenvalue weighted by Gasteiger charge is 2.43. The number of nitrogens with one attached hydrogen (secondary N) is 2. The van der Waals surface area contributed by atoms with Crippen LogP contribution < -0.4 is 15.4 Å². The van der Waals surface area contributed by atoms with Gasteiger partial charge in [-0.2, -0.15) is 0 Å². The maximum absolute atomic E-state index is 13.7. The fourth-order valence-electron chi connectivity index (χ4n) is 4.73.